The van der Waals surface area contributed by atoms with Gasteiger partial charge >= 0.3 is 0 Å². The maximum Gasteiger partial charge on any atom is 0.165 e. The van der Waals surface area contributed by atoms with Gasteiger partial charge in [-0.3, -0.25) is 0 Å². The van der Waals surface area contributed by atoms with Crippen molar-refractivity contribution in [2.45, 2.75) is 44.9 Å². The first-order valence-corrected chi connectivity index (χ1v) is 6.85. The Balaban J connectivity index is 1.88. The molecular formula is C15H22FNO2. The van der Waals surface area contributed by atoms with Gasteiger partial charge in [0.05, 0.1) is 13.2 Å². The molecule has 1 aliphatic carbocycles. The minimum atomic E-state index is -0.321. The molecule has 19 heavy (non-hydrogen) atoms. The number of ether oxygens (including phenoxy) is 2. The van der Waals surface area contributed by atoms with E-state index in [-0.39, 0.29) is 11.9 Å². The van der Waals surface area contributed by atoms with Gasteiger partial charge in [0.2, 0.25) is 0 Å². The number of rotatable bonds is 6. The van der Waals surface area contributed by atoms with E-state index < -0.39 is 0 Å². The van der Waals surface area contributed by atoms with E-state index in [0.717, 1.165) is 25.0 Å². The number of benzene rings is 1. The molecule has 2 rings (SSSR count). The average Bonchev–Trinajstić information content (AvgIpc) is 2.36. The topological polar surface area (TPSA) is 30.5 Å². The van der Waals surface area contributed by atoms with Crippen molar-refractivity contribution in [3.63, 3.8) is 0 Å². The molecule has 0 radical (unpaired) electrons. The zero-order chi connectivity index (χ0) is 13.8. The van der Waals surface area contributed by atoms with E-state index in [4.69, 9.17) is 9.47 Å². The third-order valence-electron chi connectivity index (χ3n) is 3.66. The van der Waals surface area contributed by atoms with Crippen LogP contribution in [0, 0.1) is 5.82 Å². The molecule has 0 heterocycles. The number of hydrogen-bond donors (Lipinski definition) is 1. The van der Waals surface area contributed by atoms with Crippen LogP contribution in [0.25, 0.3) is 0 Å². The number of hydrogen-bond acceptors (Lipinski definition) is 3. The molecule has 0 spiro atoms. The monoisotopic (exact) mass is 267 g/mol. The normalized spacial score (nSPS) is 23.8. The highest BCUT2D eigenvalue weighted by Crippen LogP contribution is 2.28. The third kappa shape index (κ3) is 3.45. The highest BCUT2D eigenvalue weighted by Gasteiger charge is 2.30. The van der Waals surface area contributed by atoms with Crippen molar-refractivity contribution in [3.8, 4) is 5.75 Å². The first-order valence-electron chi connectivity index (χ1n) is 6.85. The van der Waals surface area contributed by atoms with Crippen LogP contribution >= 0.6 is 0 Å². The fourth-order valence-corrected chi connectivity index (χ4v) is 2.47. The van der Waals surface area contributed by atoms with Gasteiger partial charge in [-0.15, -0.1) is 0 Å². The van der Waals surface area contributed by atoms with Crippen molar-refractivity contribution < 1.29 is 13.9 Å². The summed E-state index contributed by atoms with van der Waals surface area (Å²) in [5.74, 6) is -0.0227. The van der Waals surface area contributed by atoms with E-state index in [2.05, 4.69) is 12.2 Å². The predicted molar refractivity (Wildman–Crippen MR) is 72.9 cm³/mol. The molecular weight excluding hydrogens is 245 g/mol. The Hall–Kier alpha value is -1.13. The average molecular weight is 267 g/mol. The fourth-order valence-electron chi connectivity index (χ4n) is 2.47. The minimum absolute atomic E-state index is 0.182. The lowest BCUT2D eigenvalue weighted by molar-refractivity contribution is -0.0120. The summed E-state index contributed by atoms with van der Waals surface area (Å²) >= 11 is 0. The zero-order valence-electron chi connectivity index (χ0n) is 11.8. The minimum Gasteiger partial charge on any atom is -0.494 e. The Morgan fingerprint density at radius 3 is 2.79 bits per heavy atom. The summed E-state index contributed by atoms with van der Waals surface area (Å²) in [7, 11) is 1.49. The largest absolute Gasteiger partial charge is 0.494 e. The van der Waals surface area contributed by atoms with Gasteiger partial charge in [0, 0.05) is 18.7 Å². The van der Waals surface area contributed by atoms with Crippen LogP contribution in [0.3, 0.4) is 0 Å². The maximum absolute atomic E-state index is 13.3. The molecule has 1 fully saturated rings. The van der Waals surface area contributed by atoms with Crippen LogP contribution in [0.15, 0.2) is 18.2 Å². The number of nitrogens with one attached hydrogen (secondary N) is 1. The van der Waals surface area contributed by atoms with Gasteiger partial charge in [0.25, 0.3) is 0 Å². The van der Waals surface area contributed by atoms with Gasteiger partial charge in [-0.2, -0.15) is 0 Å². The van der Waals surface area contributed by atoms with E-state index in [9.17, 15) is 4.39 Å². The third-order valence-corrected chi connectivity index (χ3v) is 3.66. The van der Waals surface area contributed by atoms with Crippen molar-refractivity contribution in [2.75, 3.05) is 13.7 Å². The van der Waals surface area contributed by atoms with E-state index in [0.29, 0.717) is 17.9 Å². The molecule has 1 aromatic rings. The zero-order valence-corrected chi connectivity index (χ0v) is 11.8. The van der Waals surface area contributed by atoms with E-state index in [1.807, 2.05) is 6.92 Å². The van der Waals surface area contributed by atoms with Gasteiger partial charge in [-0.1, -0.05) is 6.07 Å². The second-order valence-electron chi connectivity index (χ2n) is 5.03. The van der Waals surface area contributed by atoms with E-state index in [1.54, 1.807) is 12.1 Å². The molecule has 0 amide bonds. The SMILES string of the molecule is CCOC1CC(NC(C)c2ccc(F)c(OC)c2)C1. The molecule has 0 aliphatic heterocycles. The van der Waals surface area contributed by atoms with Crippen molar-refractivity contribution >= 4 is 0 Å². The number of halogens is 1. The first-order chi connectivity index (χ1) is 9.13. The second-order valence-corrected chi connectivity index (χ2v) is 5.03. The first kappa shape index (κ1) is 14.3. The summed E-state index contributed by atoms with van der Waals surface area (Å²) < 4.78 is 23.9. The quantitative estimate of drug-likeness (QED) is 0.859. The van der Waals surface area contributed by atoms with Crippen molar-refractivity contribution in [2.24, 2.45) is 0 Å². The Morgan fingerprint density at radius 1 is 1.42 bits per heavy atom. The summed E-state index contributed by atoms with van der Waals surface area (Å²) in [6, 6.07) is 5.68. The molecule has 1 unspecified atom stereocenters. The summed E-state index contributed by atoms with van der Waals surface area (Å²) in [6.45, 7) is 4.89. The van der Waals surface area contributed by atoms with Gasteiger partial charge in [-0.25, -0.2) is 4.39 Å². The molecule has 3 nitrogen and oxygen atoms in total. The summed E-state index contributed by atoms with van der Waals surface area (Å²) in [4.78, 5) is 0. The van der Waals surface area contributed by atoms with Crippen LogP contribution in [-0.2, 0) is 4.74 Å². The van der Waals surface area contributed by atoms with Gasteiger partial charge < -0.3 is 14.8 Å². The lowest BCUT2D eigenvalue weighted by Crippen LogP contribution is -2.46. The molecule has 106 valence electrons. The van der Waals surface area contributed by atoms with Gasteiger partial charge in [0.1, 0.15) is 0 Å². The summed E-state index contributed by atoms with van der Waals surface area (Å²) in [5.41, 5.74) is 1.04. The highest BCUT2D eigenvalue weighted by atomic mass is 19.1. The van der Waals surface area contributed by atoms with E-state index in [1.165, 1.54) is 13.2 Å². The predicted octanol–water partition coefficient (Wildman–Crippen LogP) is 3.05. The smallest absolute Gasteiger partial charge is 0.165 e. The molecule has 4 heteroatoms. The molecule has 1 aliphatic rings. The van der Waals surface area contributed by atoms with Gasteiger partial charge in [0.15, 0.2) is 11.6 Å². The second kappa shape index (κ2) is 6.35. The molecule has 0 bridgehead atoms. The van der Waals surface area contributed by atoms with Crippen LogP contribution in [0.5, 0.6) is 5.75 Å². The van der Waals surface area contributed by atoms with Crippen molar-refractivity contribution in [1.29, 1.82) is 0 Å². The van der Waals surface area contributed by atoms with Crippen molar-refractivity contribution in [1.82, 2.24) is 5.32 Å². The Kier molecular flexibility index (Phi) is 4.77. The molecule has 1 atom stereocenters. The molecule has 0 saturated heterocycles. The summed E-state index contributed by atoms with van der Waals surface area (Å²) in [5, 5.41) is 3.53. The van der Waals surface area contributed by atoms with Crippen LogP contribution in [0.4, 0.5) is 4.39 Å². The fraction of sp³-hybridized carbons (Fsp3) is 0.600. The lowest BCUT2D eigenvalue weighted by atomic mass is 9.88. The molecule has 1 N–H and O–H groups in total. The van der Waals surface area contributed by atoms with Crippen LogP contribution in [0.2, 0.25) is 0 Å². The van der Waals surface area contributed by atoms with Crippen molar-refractivity contribution in [3.05, 3.63) is 29.6 Å². The number of methoxy groups -OCH3 is 1. The van der Waals surface area contributed by atoms with Gasteiger partial charge in [-0.05, 0) is 44.4 Å². The van der Waals surface area contributed by atoms with Crippen LogP contribution in [-0.4, -0.2) is 25.9 Å². The van der Waals surface area contributed by atoms with Crippen LogP contribution < -0.4 is 10.1 Å². The maximum atomic E-state index is 13.3. The molecule has 0 aromatic heterocycles. The highest BCUT2D eigenvalue weighted by molar-refractivity contribution is 5.32. The molecule has 1 saturated carbocycles. The Morgan fingerprint density at radius 2 is 2.16 bits per heavy atom. The van der Waals surface area contributed by atoms with Crippen LogP contribution in [0.1, 0.15) is 38.3 Å². The Bertz CT molecular complexity index is 419. The lowest BCUT2D eigenvalue weighted by Gasteiger charge is -2.37. The molecule has 1 aromatic carbocycles. The standard InChI is InChI=1S/C15H22FNO2/c1-4-19-13-8-12(9-13)17-10(2)11-5-6-14(16)15(7-11)18-3/h5-7,10,12-13,17H,4,8-9H2,1-3H3. The summed E-state index contributed by atoms with van der Waals surface area (Å²) in [6.07, 6.45) is 2.50. The Labute approximate surface area is 114 Å². The van der Waals surface area contributed by atoms with E-state index >= 15 is 0 Å².